The minimum absolute atomic E-state index is 0.0169. The number of carbonyl (C=O) groups excluding carboxylic acids is 1. The van der Waals surface area contributed by atoms with E-state index < -0.39 is 17.9 Å². The van der Waals surface area contributed by atoms with E-state index >= 15 is 0 Å². The van der Waals surface area contributed by atoms with Gasteiger partial charge in [0.05, 0.1) is 6.20 Å². The highest BCUT2D eigenvalue weighted by molar-refractivity contribution is 6.01. The Hall–Kier alpha value is -2.11. The average molecular weight is 252 g/mol. The molecular formula is C12H16N2O4. The molecule has 0 aliphatic rings. The van der Waals surface area contributed by atoms with Crippen LogP contribution in [0.15, 0.2) is 21.8 Å². The fraction of sp³-hybridized carbons (Fsp3) is 0.417. The van der Waals surface area contributed by atoms with Crippen LogP contribution >= 0.6 is 0 Å². The Morgan fingerprint density at radius 2 is 2.00 bits per heavy atom. The fourth-order valence-electron chi connectivity index (χ4n) is 1.27. The molecule has 0 aliphatic carbocycles. The van der Waals surface area contributed by atoms with Crippen LogP contribution in [0, 0.1) is 6.92 Å². The molecule has 0 fully saturated rings. The molecule has 0 radical (unpaired) electrons. The summed E-state index contributed by atoms with van der Waals surface area (Å²) in [6.07, 6.45) is 1.56. The zero-order valence-corrected chi connectivity index (χ0v) is 10.8. The Morgan fingerprint density at radius 1 is 1.39 bits per heavy atom. The maximum absolute atomic E-state index is 11.8. The number of aryl methyl sites for hydroxylation is 1. The Kier molecular flexibility index (Phi) is 4.25. The van der Waals surface area contributed by atoms with Crippen LogP contribution < -0.4 is 5.32 Å². The molecule has 6 nitrogen and oxygen atoms in total. The molecule has 1 amide bonds. The molecule has 1 rings (SSSR count). The van der Waals surface area contributed by atoms with Crippen LogP contribution in [0.2, 0.25) is 0 Å². The Bertz CT molecular complexity index is 502. The van der Waals surface area contributed by atoms with Gasteiger partial charge in [0, 0.05) is 11.1 Å². The number of nitrogens with one attached hydrogen (secondary N) is 1. The third kappa shape index (κ3) is 3.19. The number of oxazole rings is 1. The molecule has 1 atom stereocenters. The second-order valence-corrected chi connectivity index (χ2v) is 4.06. The van der Waals surface area contributed by atoms with E-state index in [1.807, 2.05) is 0 Å². The van der Waals surface area contributed by atoms with Crippen LogP contribution in [0.5, 0.6) is 0 Å². The minimum atomic E-state index is -1.11. The SMILES string of the molecule is C/C(C(=O)O)=C(\C)C(=O)NC(C)c1ncc(C)o1. The molecule has 1 heterocycles. The van der Waals surface area contributed by atoms with E-state index in [0.29, 0.717) is 11.7 Å². The van der Waals surface area contributed by atoms with Crippen molar-refractivity contribution in [2.75, 3.05) is 0 Å². The number of hydrogen-bond donors (Lipinski definition) is 2. The summed E-state index contributed by atoms with van der Waals surface area (Å²) in [5.74, 6) is -0.512. The Balaban J connectivity index is 2.77. The van der Waals surface area contributed by atoms with Crippen LogP contribution in [-0.2, 0) is 9.59 Å². The number of rotatable bonds is 4. The maximum atomic E-state index is 11.8. The van der Waals surface area contributed by atoms with Gasteiger partial charge in [-0.2, -0.15) is 0 Å². The number of amides is 1. The molecule has 1 aromatic heterocycles. The number of carboxylic acids is 1. The number of carbonyl (C=O) groups is 2. The van der Waals surface area contributed by atoms with Gasteiger partial charge >= 0.3 is 5.97 Å². The highest BCUT2D eigenvalue weighted by Crippen LogP contribution is 2.13. The van der Waals surface area contributed by atoms with Crippen LogP contribution in [0.4, 0.5) is 0 Å². The topological polar surface area (TPSA) is 92.4 Å². The van der Waals surface area contributed by atoms with Crippen molar-refractivity contribution in [1.29, 1.82) is 0 Å². The molecular weight excluding hydrogens is 236 g/mol. The first-order chi connectivity index (χ1) is 8.32. The molecule has 0 aliphatic heterocycles. The standard InChI is InChI=1S/C12H16N2O4/c1-6-5-13-11(18-6)9(4)14-10(15)7(2)8(3)12(16)17/h5,9H,1-4H3,(H,14,15)(H,16,17)/b8-7-. The first kappa shape index (κ1) is 14.0. The molecule has 1 unspecified atom stereocenters. The fourth-order valence-corrected chi connectivity index (χ4v) is 1.27. The Labute approximate surface area is 105 Å². The van der Waals surface area contributed by atoms with E-state index in [9.17, 15) is 9.59 Å². The number of aliphatic carboxylic acids is 1. The van der Waals surface area contributed by atoms with E-state index in [1.54, 1.807) is 20.0 Å². The molecule has 98 valence electrons. The van der Waals surface area contributed by atoms with Gasteiger partial charge in [-0.3, -0.25) is 4.79 Å². The van der Waals surface area contributed by atoms with Crippen molar-refractivity contribution < 1.29 is 19.1 Å². The number of carboxylic acid groups (broad SMARTS) is 1. The summed E-state index contributed by atoms with van der Waals surface area (Å²) >= 11 is 0. The third-order valence-corrected chi connectivity index (χ3v) is 2.58. The zero-order valence-electron chi connectivity index (χ0n) is 10.8. The van der Waals surface area contributed by atoms with E-state index in [-0.39, 0.29) is 11.1 Å². The first-order valence-corrected chi connectivity index (χ1v) is 5.47. The second-order valence-electron chi connectivity index (χ2n) is 4.06. The van der Waals surface area contributed by atoms with Gasteiger partial charge in [0.25, 0.3) is 0 Å². The highest BCUT2D eigenvalue weighted by Gasteiger charge is 2.18. The largest absolute Gasteiger partial charge is 0.478 e. The van der Waals surface area contributed by atoms with Crippen molar-refractivity contribution in [3.8, 4) is 0 Å². The predicted octanol–water partition coefficient (Wildman–Crippen LogP) is 1.58. The lowest BCUT2D eigenvalue weighted by Gasteiger charge is -2.11. The van der Waals surface area contributed by atoms with Crippen molar-refractivity contribution >= 4 is 11.9 Å². The van der Waals surface area contributed by atoms with E-state index in [4.69, 9.17) is 9.52 Å². The van der Waals surface area contributed by atoms with E-state index in [0.717, 1.165) is 0 Å². The normalized spacial score (nSPS) is 13.8. The molecule has 6 heteroatoms. The first-order valence-electron chi connectivity index (χ1n) is 5.47. The van der Waals surface area contributed by atoms with Crippen molar-refractivity contribution in [2.45, 2.75) is 33.7 Å². The van der Waals surface area contributed by atoms with Gasteiger partial charge in [0.15, 0.2) is 0 Å². The molecule has 1 aromatic rings. The summed E-state index contributed by atoms with van der Waals surface area (Å²) in [6, 6.07) is -0.414. The summed E-state index contributed by atoms with van der Waals surface area (Å²) in [7, 11) is 0. The molecule has 0 bridgehead atoms. The molecule has 18 heavy (non-hydrogen) atoms. The second kappa shape index (κ2) is 5.48. The smallest absolute Gasteiger partial charge is 0.331 e. The minimum Gasteiger partial charge on any atom is -0.478 e. The van der Waals surface area contributed by atoms with Crippen LogP contribution in [0.3, 0.4) is 0 Å². The van der Waals surface area contributed by atoms with Gasteiger partial charge in [-0.25, -0.2) is 9.78 Å². The van der Waals surface area contributed by atoms with Gasteiger partial charge in [0.2, 0.25) is 11.8 Å². The van der Waals surface area contributed by atoms with Crippen LogP contribution in [-0.4, -0.2) is 22.0 Å². The summed E-state index contributed by atoms with van der Waals surface area (Å²) in [6.45, 7) is 6.32. The van der Waals surface area contributed by atoms with Crippen molar-refractivity contribution in [2.24, 2.45) is 0 Å². The zero-order chi connectivity index (χ0) is 13.9. The summed E-state index contributed by atoms with van der Waals surface area (Å²) in [4.78, 5) is 26.5. The van der Waals surface area contributed by atoms with Gasteiger partial charge in [-0.05, 0) is 27.7 Å². The molecule has 0 spiro atoms. The van der Waals surface area contributed by atoms with Crippen molar-refractivity contribution in [3.05, 3.63) is 29.0 Å². The van der Waals surface area contributed by atoms with E-state index in [2.05, 4.69) is 10.3 Å². The Morgan fingerprint density at radius 3 is 2.44 bits per heavy atom. The monoisotopic (exact) mass is 252 g/mol. The highest BCUT2D eigenvalue weighted by atomic mass is 16.4. The summed E-state index contributed by atoms with van der Waals surface area (Å²) in [5, 5.41) is 11.4. The summed E-state index contributed by atoms with van der Waals surface area (Å²) in [5.41, 5.74) is 0.181. The average Bonchev–Trinajstić information content (AvgIpc) is 2.73. The van der Waals surface area contributed by atoms with Crippen LogP contribution in [0.1, 0.15) is 38.5 Å². The molecule has 0 saturated heterocycles. The number of aromatic nitrogens is 1. The number of nitrogens with zero attached hydrogens (tertiary/aromatic N) is 1. The van der Waals surface area contributed by atoms with E-state index in [1.165, 1.54) is 13.8 Å². The van der Waals surface area contributed by atoms with Gasteiger partial charge in [0.1, 0.15) is 11.8 Å². The summed E-state index contributed by atoms with van der Waals surface area (Å²) < 4.78 is 5.28. The van der Waals surface area contributed by atoms with Gasteiger partial charge in [-0.1, -0.05) is 0 Å². The predicted molar refractivity (Wildman–Crippen MR) is 63.8 cm³/mol. The maximum Gasteiger partial charge on any atom is 0.331 e. The molecule has 0 aromatic carbocycles. The lowest BCUT2D eigenvalue weighted by molar-refractivity contribution is -0.133. The third-order valence-electron chi connectivity index (χ3n) is 2.58. The lowest BCUT2D eigenvalue weighted by atomic mass is 10.1. The number of hydrogen-bond acceptors (Lipinski definition) is 4. The molecule has 0 saturated carbocycles. The van der Waals surface area contributed by atoms with Gasteiger partial charge in [-0.15, -0.1) is 0 Å². The quantitative estimate of drug-likeness (QED) is 0.794. The van der Waals surface area contributed by atoms with Gasteiger partial charge < -0.3 is 14.8 Å². The van der Waals surface area contributed by atoms with Crippen LogP contribution in [0.25, 0.3) is 0 Å². The van der Waals surface area contributed by atoms with Crippen molar-refractivity contribution in [3.63, 3.8) is 0 Å². The lowest BCUT2D eigenvalue weighted by Crippen LogP contribution is -2.28. The molecule has 2 N–H and O–H groups in total. The van der Waals surface area contributed by atoms with Crippen molar-refractivity contribution in [1.82, 2.24) is 10.3 Å².